The maximum Gasteiger partial charge on any atom is 0.338 e. The van der Waals surface area contributed by atoms with Crippen LogP contribution >= 0.6 is 0 Å². The summed E-state index contributed by atoms with van der Waals surface area (Å²) in [6.45, 7) is 0. The first-order valence-corrected chi connectivity index (χ1v) is 5.60. The number of ether oxygens (including phenoxy) is 1. The first-order valence-electron chi connectivity index (χ1n) is 5.60. The maximum atomic E-state index is 11.8. The van der Waals surface area contributed by atoms with Gasteiger partial charge < -0.3 is 4.74 Å². The molecule has 1 aromatic rings. The monoisotopic (exact) mass is 202 g/mol. The molecule has 1 aliphatic heterocycles. The largest absolute Gasteiger partial charge is 0.455 e. The van der Waals surface area contributed by atoms with E-state index in [2.05, 4.69) is 6.07 Å². The maximum absolute atomic E-state index is 11.8. The van der Waals surface area contributed by atoms with E-state index in [1.807, 2.05) is 18.2 Å². The minimum absolute atomic E-state index is 0.126. The van der Waals surface area contributed by atoms with Gasteiger partial charge in [-0.05, 0) is 37.3 Å². The van der Waals surface area contributed by atoms with E-state index in [4.69, 9.17) is 4.74 Å². The first-order chi connectivity index (χ1) is 7.29. The zero-order chi connectivity index (χ0) is 10.3. The molecule has 1 aromatic carbocycles. The summed E-state index contributed by atoms with van der Waals surface area (Å²) in [4.78, 5) is 11.8. The molecule has 2 heteroatoms. The number of esters is 1. The van der Waals surface area contributed by atoms with Gasteiger partial charge in [-0.25, -0.2) is 4.79 Å². The van der Waals surface area contributed by atoms with Crippen molar-refractivity contribution in [2.24, 2.45) is 0 Å². The summed E-state index contributed by atoms with van der Waals surface area (Å²) in [6.07, 6.45) is 5.36. The molecule has 1 heterocycles. The van der Waals surface area contributed by atoms with Gasteiger partial charge in [-0.15, -0.1) is 0 Å². The minimum Gasteiger partial charge on any atom is -0.455 e. The van der Waals surface area contributed by atoms with Crippen LogP contribution in [0.3, 0.4) is 0 Å². The highest BCUT2D eigenvalue weighted by atomic mass is 16.6. The summed E-state index contributed by atoms with van der Waals surface area (Å²) in [7, 11) is 0. The summed E-state index contributed by atoms with van der Waals surface area (Å²) in [5.74, 6) is -0.126. The molecule has 3 rings (SSSR count). The lowest BCUT2D eigenvalue weighted by atomic mass is 9.87. The Morgan fingerprint density at radius 3 is 2.67 bits per heavy atom. The third-order valence-corrected chi connectivity index (χ3v) is 3.57. The van der Waals surface area contributed by atoms with Gasteiger partial charge in [0.2, 0.25) is 0 Å². The molecule has 0 aromatic heterocycles. The number of carbonyl (C=O) groups is 1. The molecule has 0 N–H and O–H groups in total. The van der Waals surface area contributed by atoms with Crippen molar-refractivity contribution < 1.29 is 9.53 Å². The Morgan fingerprint density at radius 2 is 1.87 bits per heavy atom. The molecule has 0 atom stereocenters. The van der Waals surface area contributed by atoms with Crippen LogP contribution in [0.4, 0.5) is 0 Å². The molecule has 0 bridgehead atoms. The van der Waals surface area contributed by atoms with Crippen LogP contribution in [0.2, 0.25) is 0 Å². The Morgan fingerprint density at radius 1 is 1.13 bits per heavy atom. The molecule has 2 aliphatic rings. The highest BCUT2D eigenvalue weighted by Crippen LogP contribution is 2.40. The molecule has 0 amide bonds. The van der Waals surface area contributed by atoms with Gasteiger partial charge in [0.1, 0.15) is 5.60 Å². The lowest BCUT2D eigenvalue weighted by Crippen LogP contribution is -2.39. The lowest BCUT2D eigenvalue weighted by molar-refractivity contribution is -0.0212. The van der Waals surface area contributed by atoms with Crippen LogP contribution < -0.4 is 0 Å². The molecule has 2 nitrogen and oxygen atoms in total. The van der Waals surface area contributed by atoms with Gasteiger partial charge in [0.05, 0.1) is 5.56 Å². The summed E-state index contributed by atoms with van der Waals surface area (Å²) >= 11 is 0. The molecule has 0 radical (unpaired) electrons. The Hall–Kier alpha value is -1.31. The Balaban J connectivity index is 2.02. The summed E-state index contributed by atoms with van der Waals surface area (Å²) in [5, 5.41) is 0. The van der Waals surface area contributed by atoms with Crippen molar-refractivity contribution >= 4 is 5.97 Å². The number of hydrogen-bond donors (Lipinski definition) is 0. The van der Waals surface area contributed by atoms with Crippen molar-refractivity contribution in [3.63, 3.8) is 0 Å². The average molecular weight is 202 g/mol. The van der Waals surface area contributed by atoms with Crippen LogP contribution in [-0.2, 0) is 11.2 Å². The molecule has 1 aliphatic carbocycles. The van der Waals surface area contributed by atoms with Crippen molar-refractivity contribution in [1.82, 2.24) is 0 Å². The van der Waals surface area contributed by atoms with Crippen LogP contribution in [0.15, 0.2) is 24.3 Å². The van der Waals surface area contributed by atoms with Gasteiger partial charge in [-0.3, -0.25) is 0 Å². The summed E-state index contributed by atoms with van der Waals surface area (Å²) in [5.41, 5.74) is 1.76. The zero-order valence-corrected chi connectivity index (χ0v) is 8.66. The second kappa shape index (κ2) is 3.09. The van der Waals surface area contributed by atoms with Crippen molar-refractivity contribution in [3.8, 4) is 0 Å². The normalized spacial score (nSPS) is 22.5. The molecular formula is C13H14O2. The Kier molecular flexibility index (Phi) is 1.84. The van der Waals surface area contributed by atoms with Crippen LogP contribution in [0.5, 0.6) is 0 Å². The van der Waals surface area contributed by atoms with Gasteiger partial charge in [0.15, 0.2) is 0 Å². The van der Waals surface area contributed by atoms with Gasteiger partial charge >= 0.3 is 5.97 Å². The van der Waals surface area contributed by atoms with Crippen molar-refractivity contribution in [2.75, 3.05) is 0 Å². The van der Waals surface area contributed by atoms with E-state index < -0.39 is 0 Å². The smallest absolute Gasteiger partial charge is 0.338 e. The average Bonchev–Trinajstić information content (AvgIpc) is 2.66. The Bertz CT molecular complexity index is 403. The van der Waals surface area contributed by atoms with Crippen LogP contribution in [0, 0.1) is 0 Å². The van der Waals surface area contributed by atoms with Crippen LogP contribution in [0.25, 0.3) is 0 Å². The first kappa shape index (κ1) is 8.96. The SMILES string of the molecule is O=C1OC2(CCCC2)Cc2ccccc21. The van der Waals surface area contributed by atoms with Gasteiger partial charge in [0, 0.05) is 6.42 Å². The molecule has 78 valence electrons. The third kappa shape index (κ3) is 1.36. The molecular weight excluding hydrogens is 188 g/mol. The second-order valence-corrected chi connectivity index (χ2v) is 4.61. The summed E-state index contributed by atoms with van der Waals surface area (Å²) < 4.78 is 5.62. The van der Waals surface area contributed by atoms with E-state index in [-0.39, 0.29) is 11.6 Å². The van der Waals surface area contributed by atoms with Crippen LogP contribution in [0.1, 0.15) is 41.6 Å². The van der Waals surface area contributed by atoms with Crippen molar-refractivity contribution in [3.05, 3.63) is 35.4 Å². The second-order valence-electron chi connectivity index (χ2n) is 4.61. The molecule has 0 saturated heterocycles. The van der Waals surface area contributed by atoms with Crippen molar-refractivity contribution in [2.45, 2.75) is 37.7 Å². The van der Waals surface area contributed by atoms with E-state index >= 15 is 0 Å². The van der Waals surface area contributed by atoms with E-state index in [1.165, 1.54) is 12.8 Å². The highest BCUT2D eigenvalue weighted by Gasteiger charge is 2.42. The standard InChI is InChI=1S/C13H14O2/c14-12-11-6-2-1-5-10(11)9-13(15-12)7-3-4-8-13/h1-2,5-6H,3-4,7-9H2. The number of benzene rings is 1. The quantitative estimate of drug-likeness (QED) is 0.605. The number of hydrogen-bond acceptors (Lipinski definition) is 2. The van der Waals surface area contributed by atoms with E-state index in [0.717, 1.165) is 30.4 Å². The fraction of sp³-hybridized carbons (Fsp3) is 0.462. The van der Waals surface area contributed by atoms with E-state index in [1.54, 1.807) is 0 Å². The number of rotatable bonds is 0. The molecule has 1 fully saturated rings. The van der Waals surface area contributed by atoms with Gasteiger partial charge in [0.25, 0.3) is 0 Å². The molecule has 1 saturated carbocycles. The lowest BCUT2D eigenvalue weighted by Gasteiger charge is -2.34. The topological polar surface area (TPSA) is 26.3 Å². The fourth-order valence-corrected chi connectivity index (χ4v) is 2.81. The van der Waals surface area contributed by atoms with E-state index in [9.17, 15) is 4.79 Å². The predicted molar refractivity (Wildman–Crippen MR) is 56.8 cm³/mol. The summed E-state index contributed by atoms with van der Waals surface area (Å²) in [6, 6.07) is 7.81. The predicted octanol–water partition coefficient (Wildman–Crippen LogP) is 2.71. The number of carbonyl (C=O) groups excluding carboxylic acids is 1. The minimum atomic E-state index is -0.161. The Labute approximate surface area is 89.2 Å². The molecule has 1 spiro atoms. The van der Waals surface area contributed by atoms with Gasteiger partial charge in [-0.2, -0.15) is 0 Å². The van der Waals surface area contributed by atoms with Gasteiger partial charge in [-0.1, -0.05) is 18.2 Å². The number of fused-ring (bicyclic) bond motifs is 1. The van der Waals surface area contributed by atoms with Crippen LogP contribution in [-0.4, -0.2) is 11.6 Å². The third-order valence-electron chi connectivity index (χ3n) is 3.57. The molecule has 0 unspecified atom stereocenters. The molecule has 15 heavy (non-hydrogen) atoms. The highest BCUT2D eigenvalue weighted by molar-refractivity contribution is 5.92. The van der Waals surface area contributed by atoms with E-state index in [0.29, 0.717) is 0 Å². The fourth-order valence-electron chi connectivity index (χ4n) is 2.81. The zero-order valence-electron chi connectivity index (χ0n) is 8.66. The van der Waals surface area contributed by atoms with Crippen molar-refractivity contribution in [1.29, 1.82) is 0 Å².